The van der Waals surface area contributed by atoms with E-state index in [1.807, 2.05) is 6.92 Å². The molecule has 0 radical (unpaired) electrons. The van der Waals surface area contributed by atoms with Crippen LogP contribution in [0.1, 0.15) is 13.3 Å². The van der Waals surface area contributed by atoms with Crippen molar-refractivity contribution in [1.82, 2.24) is 5.32 Å². The summed E-state index contributed by atoms with van der Waals surface area (Å²) in [7, 11) is 0. The molecule has 5 atom stereocenters. The molecule has 1 heterocycles. The van der Waals surface area contributed by atoms with Crippen LogP contribution in [0.3, 0.4) is 0 Å². The summed E-state index contributed by atoms with van der Waals surface area (Å²) in [6.07, 6.45) is -2.61. The lowest BCUT2D eigenvalue weighted by Gasteiger charge is -2.41. The first kappa shape index (κ1) is 16.1. The summed E-state index contributed by atoms with van der Waals surface area (Å²) < 4.78 is 5.34. The van der Waals surface area contributed by atoms with Gasteiger partial charge in [0, 0.05) is 0 Å². The van der Waals surface area contributed by atoms with Gasteiger partial charge in [-0.1, -0.05) is 6.92 Å². The van der Waals surface area contributed by atoms with Crippen LogP contribution in [0.5, 0.6) is 0 Å². The Morgan fingerprint density at radius 1 is 1.31 bits per heavy atom. The normalized spacial score (nSPS) is 39.2. The van der Waals surface area contributed by atoms with Gasteiger partial charge in [-0.05, 0) is 13.0 Å². The molecular weight excluding hydrogens is 236 g/mol. The van der Waals surface area contributed by atoms with Crippen LogP contribution in [0.25, 0.3) is 0 Å². The zero-order chi connectivity index (χ0) is 11.4. The van der Waals surface area contributed by atoms with E-state index in [1.165, 1.54) is 0 Å². The molecule has 0 spiro atoms. The predicted octanol–water partition coefficient (Wildman–Crippen LogP) is -1.83. The SMILES string of the molecule is CCCN[C@@H]1O[C@H](CO)[C@@H](O)[C@H](O)[C@@H]1N.Cl. The summed E-state index contributed by atoms with van der Waals surface area (Å²) in [5.74, 6) is 0. The van der Waals surface area contributed by atoms with Gasteiger partial charge >= 0.3 is 0 Å². The summed E-state index contributed by atoms with van der Waals surface area (Å²) in [5.41, 5.74) is 5.69. The van der Waals surface area contributed by atoms with Gasteiger partial charge in [0.05, 0.1) is 12.6 Å². The number of nitrogens with one attached hydrogen (secondary N) is 1. The molecule has 0 aromatic carbocycles. The van der Waals surface area contributed by atoms with Crippen molar-refractivity contribution in [2.75, 3.05) is 13.2 Å². The monoisotopic (exact) mass is 256 g/mol. The lowest BCUT2D eigenvalue weighted by Crippen LogP contribution is -2.65. The van der Waals surface area contributed by atoms with Crippen molar-refractivity contribution in [2.45, 2.75) is 43.9 Å². The van der Waals surface area contributed by atoms with Gasteiger partial charge in [-0.3, -0.25) is 5.32 Å². The van der Waals surface area contributed by atoms with Crippen molar-refractivity contribution in [1.29, 1.82) is 0 Å². The number of nitrogens with two attached hydrogens (primary N) is 1. The van der Waals surface area contributed by atoms with E-state index in [1.54, 1.807) is 0 Å². The van der Waals surface area contributed by atoms with Crippen molar-refractivity contribution in [3.05, 3.63) is 0 Å². The first-order valence-corrected chi connectivity index (χ1v) is 5.23. The summed E-state index contributed by atoms with van der Waals surface area (Å²) in [4.78, 5) is 0. The van der Waals surface area contributed by atoms with Crippen molar-refractivity contribution in [3.63, 3.8) is 0 Å². The standard InChI is InChI=1S/C9H20N2O4.ClH/c1-2-3-11-9-6(10)8(14)7(13)5(4-12)15-9;/h5-9,11-14H,2-4,10H2,1H3;1H/t5-,6+,7-,8-,9-;/m1./s1. The van der Waals surface area contributed by atoms with E-state index in [4.69, 9.17) is 15.6 Å². The zero-order valence-electron chi connectivity index (χ0n) is 9.24. The van der Waals surface area contributed by atoms with E-state index >= 15 is 0 Å². The quantitative estimate of drug-likeness (QED) is 0.405. The minimum Gasteiger partial charge on any atom is -0.394 e. The van der Waals surface area contributed by atoms with Gasteiger partial charge in [-0.2, -0.15) is 0 Å². The second-order valence-corrected chi connectivity index (χ2v) is 3.79. The average Bonchev–Trinajstić information content (AvgIpc) is 2.25. The molecule has 6 N–H and O–H groups in total. The van der Waals surface area contributed by atoms with Crippen LogP contribution in [0.4, 0.5) is 0 Å². The van der Waals surface area contributed by atoms with Crippen LogP contribution in [0.2, 0.25) is 0 Å². The number of rotatable bonds is 4. The van der Waals surface area contributed by atoms with Gasteiger partial charge in [0.25, 0.3) is 0 Å². The molecule has 1 rings (SSSR count). The molecule has 1 aliphatic heterocycles. The number of ether oxygens (including phenoxy) is 1. The van der Waals surface area contributed by atoms with Crippen LogP contribution >= 0.6 is 12.4 Å². The maximum Gasteiger partial charge on any atom is 0.126 e. The Hall–Kier alpha value is 0.0500. The molecule has 7 heteroatoms. The first-order chi connectivity index (χ1) is 7.11. The highest BCUT2D eigenvalue weighted by atomic mass is 35.5. The van der Waals surface area contributed by atoms with Gasteiger partial charge in [-0.15, -0.1) is 12.4 Å². The van der Waals surface area contributed by atoms with E-state index in [0.717, 1.165) is 6.42 Å². The second-order valence-electron chi connectivity index (χ2n) is 3.79. The molecule has 0 amide bonds. The van der Waals surface area contributed by atoms with Crippen LogP contribution in [0.15, 0.2) is 0 Å². The maximum atomic E-state index is 9.61. The summed E-state index contributed by atoms with van der Waals surface area (Å²) in [6, 6.07) is -0.686. The Morgan fingerprint density at radius 2 is 1.94 bits per heavy atom. The third-order valence-electron chi connectivity index (χ3n) is 2.57. The first-order valence-electron chi connectivity index (χ1n) is 5.23. The van der Waals surface area contributed by atoms with E-state index in [9.17, 15) is 10.2 Å². The van der Waals surface area contributed by atoms with Gasteiger partial charge in [0.1, 0.15) is 24.5 Å². The summed E-state index contributed by atoms with van der Waals surface area (Å²) in [5, 5.41) is 31.1. The van der Waals surface area contributed by atoms with Crippen molar-refractivity contribution in [2.24, 2.45) is 5.73 Å². The van der Waals surface area contributed by atoms with Gasteiger partial charge < -0.3 is 25.8 Å². The van der Waals surface area contributed by atoms with Gasteiger partial charge in [-0.25, -0.2) is 0 Å². The third kappa shape index (κ3) is 3.53. The maximum absolute atomic E-state index is 9.61. The minimum atomic E-state index is -1.13. The fourth-order valence-electron chi connectivity index (χ4n) is 1.61. The van der Waals surface area contributed by atoms with E-state index < -0.39 is 30.6 Å². The molecule has 1 aliphatic rings. The number of aliphatic hydroxyl groups is 3. The average molecular weight is 257 g/mol. The van der Waals surface area contributed by atoms with Crippen LogP contribution < -0.4 is 11.1 Å². The summed E-state index contributed by atoms with van der Waals surface area (Å²) in [6.45, 7) is 2.37. The number of halogens is 1. The highest BCUT2D eigenvalue weighted by molar-refractivity contribution is 5.85. The summed E-state index contributed by atoms with van der Waals surface area (Å²) >= 11 is 0. The molecule has 1 fully saturated rings. The highest BCUT2D eigenvalue weighted by Gasteiger charge is 2.41. The second kappa shape index (κ2) is 7.39. The smallest absolute Gasteiger partial charge is 0.126 e. The fourth-order valence-corrected chi connectivity index (χ4v) is 1.61. The lowest BCUT2D eigenvalue weighted by atomic mass is 9.97. The Bertz CT molecular complexity index is 196. The minimum absolute atomic E-state index is 0. The number of hydrogen-bond acceptors (Lipinski definition) is 6. The van der Waals surface area contributed by atoms with Crippen molar-refractivity contribution >= 4 is 12.4 Å². The molecule has 6 nitrogen and oxygen atoms in total. The lowest BCUT2D eigenvalue weighted by molar-refractivity contribution is -0.196. The van der Waals surface area contributed by atoms with Crippen LogP contribution in [-0.2, 0) is 4.74 Å². The molecule has 16 heavy (non-hydrogen) atoms. The van der Waals surface area contributed by atoms with Crippen LogP contribution in [0, 0.1) is 0 Å². The molecule has 98 valence electrons. The molecule has 0 bridgehead atoms. The van der Waals surface area contributed by atoms with E-state index in [0.29, 0.717) is 6.54 Å². The highest BCUT2D eigenvalue weighted by Crippen LogP contribution is 2.18. The molecule has 0 aromatic rings. The van der Waals surface area contributed by atoms with E-state index in [-0.39, 0.29) is 19.0 Å². The molecule has 1 saturated heterocycles. The largest absolute Gasteiger partial charge is 0.394 e. The molecule has 0 saturated carbocycles. The molecular formula is C9H21ClN2O4. The van der Waals surface area contributed by atoms with Crippen molar-refractivity contribution < 1.29 is 20.1 Å². The number of hydrogen-bond donors (Lipinski definition) is 5. The van der Waals surface area contributed by atoms with Gasteiger partial charge in [0.15, 0.2) is 0 Å². The predicted molar refractivity (Wildman–Crippen MR) is 61.3 cm³/mol. The van der Waals surface area contributed by atoms with Gasteiger partial charge in [0.2, 0.25) is 0 Å². The topological polar surface area (TPSA) is 108 Å². The fraction of sp³-hybridized carbons (Fsp3) is 1.00. The Balaban J connectivity index is 0.00000225. The Labute approximate surface area is 101 Å². The molecule has 0 unspecified atom stereocenters. The Kier molecular flexibility index (Phi) is 7.41. The molecule has 0 aromatic heterocycles. The Morgan fingerprint density at radius 3 is 2.44 bits per heavy atom. The molecule has 0 aliphatic carbocycles. The van der Waals surface area contributed by atoms with E-state index in [2.05, 4.69) is 5.32 Å². The third-order valence-corrected chi connectivity index (χ3v) is 2.57. The van der Waals surface area contributed by atoms with Crippen LogP contribution in [-0.4, -0.2) is 59.1 Å². The number of aliphatic hydroxyl groups excluding tert-OH is 3. The van der Waals surface area contributed by atoms with Crippen molar-refractivity contribution in [3.8, 4) is 0 Å². The zero-order valence-corrected chi connectivity index (χ0v) is 10.1.